The number of nitrogens with zero attached hydrogens (tertiary/aromatic N) is 2. The molecule has 222 valence electrons. The number of benzene rings is 3. The number of hydrogen-bond acceptors (Lipinski definition) is 4. The number of methoxy groups -OCH3 is 2. The summed E-state index contributed by atoms with van der Waals surface area (Å²) < 4.78 is 11.2. The van der Waals surface area contributed by atoms with E-state index in [1.807, 2.05) is 42.5 Å². The minimum absolute atomic E-state index is 0.786. The summed E-state index contributed by atoms with van der Waals surface area (Å²) in [6, 6.07) is 37.1. The van der Waals surface area contributed by atoms with E-state index in [4.69, 9.17) is 19.4 Å². The molecular weight excluding hydrogens is 568 g/mol. The van der Waals surface area contributed by atoms with Crippen molar-refractivity contribution in [3.63, 3.8) is 0 Å². The number of hydrogen-bond donors (Lipinski definition) is 2. The van der Waals surface area contributed by atoms with Crippen LogP contribution in [0.2, 0.25) is 0 Å². The number of H-pyrrole nitrogens is 2. The zero-order chi connectivity index (χ0) is 31.0. The van der Waals surface area contributed by atoms with E-state index >= 15 is 0 Å². The van der Waals surface area contributed by atoms with Crippen LogP contribution < -0.4 is 9.47 Å². The molecule has 6 heteroatoms. The van der Waals surface area contributed by atoms with Gasteiger partial charge < -0.3 is 19.4 Å². The molecule has 0 fully saturated rings. The van der Waals surface area contributed by atoms with Crippen molar-refractivity contribution in [3.05, 3.63) is 132 Å². The van der Waals surface area contributed by atoms with Crippen molar-refractivity contribution in [1.82, 2.24) is 19.9 Å². The summed E-state index contributed by atoms with van der Waals surface area (Å²) >= 11 is 0. The number of ether oxygens (including phenoxy) is 2. The number of aromatic amines is 2. The molecule has 0 unspecified atom stereocenters. The molecule has 46 heavy (non-hydrogen) atoms. The summed E-state index contributed by atoms with van der Waals surface area (Å²) in [4.78, 5) is 17.8. The van der Waals surface area contributed by atoms with Gasteiger partial charge in [-0.3, -0.25) is 0 Å². The smallest absolute Gasteiger partial charge is 0.119 e. The van der Waals surface area contributed by atoms with Gasteiger partial charge in [0.05, 0.1) is 37.0 Å². The largest absolute Gasteiger partial charge is 0.497 e. The van der Waals surface area contributed by atoms with Crippen LogP contribution >= 0.6 is 0 Å². The Bertz CT molecular complexity index is 2300. The fourth-order valence-corrected chi connectivity index (χ4v) is 6.21. The first-order chi connectivity index (χ1) is 22.7. The molecule has 6 aromatic rings. The van der Waals surface area contributed by atoms with Gasteiger partial charge in [0, 0.05) is 38.8 Å². The van der Waals surface area contributed by atoms with Crippen molar-refractivity contribution in [2.75, 3.05) is 14.2 Å². The average molecular weight is 599 g/mol. The van der Waals surface area contributed by atoms with E-state index in [0.29, 0.717) is 0 Å². The lowest BCUT2D eigenvalue weighted by molar-refractivity contribution is 0.415. The van der Waals surface area contributed by atoms with Gasteiger partial charge in [0.15, 0.2) is 0 Å². The van der Waals surface area contributed by atoms with Crippen LogP contribution in [-0.2, 0) is 0 Å². The third-order valence-electron chi connectivity index (χ3n) is 8.36. The molecule has 0 saturated heterocycles. The lowest BCUT2D eigenvalue weighted by Crippen LogP contribution is -1.89. The van der Waals surface area contributed by atoms with Gasteiger partial charge in [0.25, 0.3) is 0 Å². The molecule has 3 aromatic heterocycles. The van der Waals surface area contributed by atoms with E-state index in [1.54, 1.807) is 14.2 Å². The summed E-state index contributed by atoms with van der Waals surface area (Å²) in [5.74, 6) is 1.57. The maximum Gasteiger partial charge on any atom is 0.119 e. The van der Waals surface area contributed by atoms with Gasteiger partial charge in [-0.1, -0.05) is 54.6 Å². The first-order valence-electron chi connectivity index (χ1n) is 15.1. The Kier molecular flexibility index (Phi) is 6.80. The Labute approximate surface area is 266 Å². The second-order valence-corrected chi connectivity index (χ2v) is 11.2. The minimum Gasteiger partial charge on any atom is -0.497 e. The highest BCUT2D eigenvalue weighted by atomic mass is 16.5. The Morgan fingerprint density at radius 1 is 0.457 bits per heavy atom. The highest BCUT2D eigenvalue weighted by Gasteiger charge is 2.17. The summed E-state index contributed by atoms with van der Waals surface area (Å²) in [6.45, 7) is 0. The highest BCUT2D eigenvalue weighted by Crippen LogP contribution is 2.37. The van der Waals surface area contributed by atoms with Gasteiger partial charge in [0.2, 0.25) is 0 Å². The van der Waals surface area contributed by atoms with E-state index in [2.05, 4.69) is 101 Å². The van der Waals surface area contributed by atoms with E-state index < -0.39 is 0 Å². The predicted octanol–water partition coefficient (Wildman–Crippen LogP) is 9.67. The minimum atomic E-state index is 0.786. The third-order valence-corrected chi connectivity index (χ3v) is 8.36. The molecule has 6 nitrogen and oxygen atoms in total. The van der Waals surface area contributed by atoms with Gasteiger partial charge in [-0.15, -0.1) is 0 Å². The van der Waals surface area contributed by atoms with Crippen LogP contribution in [0.3, 0.4) is 0 Å². The fraction of sp³-hybridized carbons (Fsp3) is 0.0500. The van der Waals surface area contributed by atoms with E-state index in [0.717, 1.165) is 89.7 Å². The number of rotatable bonds is 5. The van der Waals surface area contributed by atoms with Crippen molar-refractivity contribution in [2.24, 2.45) is 0 Å². The molecule has 0 amide bonds. The molecule has 0 spiro atoms. The maximum absolute atomic E-state index is 5.60. The second-order valence-electron chi connectivity index (χ2n) is 11.2. The molecule has 3 aromatic carbocycles. The van der Waals surface area contributed by atoms with Gasteiger partial charge in [-0.2, -0.15) is 0 Å². The van der Waals surface area contributed by atoms with Crippen LogP contribution in [0.25, 0.3) is 79.8 Å². The molecule has 5 heterocycles. The topological polar surface area (TPSA) is 75.8 Å². The fourth-order valence-electron chi connectivity index (χ4n) is 6.21. The summed E-state index contributed by atoms with van der Waals surface area (Å²) in [5.41, 5.74) is 13.3. The van der Waals surface area contributed by atoms with Crippen LogP contribution in [0.1, 0.15) is 22.8 Å². The second kappa shape index (κ2) is 11.4. The van der Waals surface area contributed by atoms with Crippen molar-refractivity contribution < 1.29 is 9.47 Å². The zero-order valence-electron chi connectivity index (χ0n) is 25.4. The lowest BCUT2D eigenvalue weighted by atomic mass is 10.0. The summed E-state index contributed by atoms with van der Waals surface area (Å²) in [5, 5.41) is 0. The maximum atomic E-state index is 5.60. The Morgan fingerprint density at radius 2 is 0.978 bits per heavy atom. The molecule has 2 aliphatic rings. The SMILES string of the molecule is COc1cccc(-c2c3nc(c(-c4ccccc4)c4ccc([nH]4)c(-c4cccc(OC)c4)c4nc(cc5ccc2[nH]5)C=C4)C=C3)c1. The molecule has 8 bridgehead atoms. The van der Waals surface area contributed by atoms with Crippen molar-refractivity contribution in [2.45, 2.75) is 0 Å². The van der Waals surface area contributed by atoms with Gasteiger partial charge in [0.1, 0.15) is 11.5 Å². The van der Waals surface area contributed by atoms with Crippen molar-refractivity contribution >= 4 is 46.4 Å². The molecular formula is C40H30N4O2. The first-order valence-corrected chi connectivity index (χ1v) is 15.1. The lowest BCUT2D eigenvalue weighted by Gasteiger charge is -2.07. The number of aromatic nitrogens is 4. The van der Waals surface area contributed by atoms with Crippen LogP contribution in [0.15, 0.2) is 109 Å². The molecule has 0 radical (unpaired) electrons. The normalized spacial score (nSPS) is 12.0. The number of nitrogens with one attached hydrogen (secondary N) is 2. The average Bonchev–Trinajstić information content (AvgIpc) is 3.93. The molecule has 0 aliphatic carbocycles. The van der Waals surface area contributed by atoms with Gasteiger partial charge >= 0.3 is 0 Å². The molecule has 2 aliphatic heterocycles. The highest BCUT2D eigenvalue weighted by molar-refractivity contribution is 5.97. The van der Waals surface area contributed by atoms with E-state index in [1.165, 1.54) is 0 Å². The van der Waals surface area contributed by atoms with E-state index in [9.17, 15) is 0 Å². The van der Waals surface area contributed by atoms with Gasteiger partial charge in [-0.25, -0.2) is 9.97 Å². The summed E-state index contributed by atoms with van der Waals surface area (Å²) in [7, 11) is 3.38. The van der Waals surface area contributed by atoms with Crippen LogP contribution in [0.4, 0.5) is 0 Å². The molecule has 0 saturated carbocycles. The third kappa shape index (κ3) is 4.96. The quantitative estimate of drug-likeness (QED) is 0.207. The zero-order valence-corrected chi connectivity index (χ0v) is 25.4. The predicted molar refractivity (Wildman–Crippen MR) is 188 cm³/mol. The van der Waals surface area contributed by atoms with Crippen LogP contribution in [0, 0.1) is 0 Å². The molecule has 8 rings (SSSR count). The summed E-state index contributed by atoms with van der Waals surface area (Å²) in [6.07, 6.45) is 8.32. The molecule has 2 N–H and O–H groups in total. The van der Waals surface area contributed by atoms with Crippen molar-refractivity contribution in [1.29, 1.82) is 0 Å². The molecule has 0 atom stereocenters. The van der Waals surface area contributed by atoms with Crippen LogP contribution in [0.5, 0.6) is 11.5 Å². The van der Waals surface area contributed by atoms with Gasteiger partial charge in [-0.05, 0) is 95.6 Å². The monoisotopic (exact) mass is 598 g/mol. The van der Waals surface area contributed by atoms with Crippen LogP contribution in [-0.4, -0.2) is 34.2 Å². The first kappa shape index (κ1) is 27.4. The Balaban J connectivity index is 1.52. The Morgan fingerprint density at radius 3 is 1.61 bits per heavy atom. The van der Waals surface area contributed by atoms with E-state index in [-0.39, 0.29) is 0 Å². The van der Waals surface area contributed by atoms with Crippen molar-refractivity contribution in [3.8, 4) is 44.9 Å². The standard InChI is InChI=1S/C40H30N4O2/c1-45-30-12-6-10-26(22-30)39-32-16-14-28(41-32)24-29-15-17-33(42-29)40(27-11-7-13-31(23-27)46-2)37-21-19-35(44-37)38(25-8-4-3-5-9-25)34-18-20-36(39)43-34/h3-24,41,44H,1-2H3. The Hall–Kier alpha value is -6.14. The number of fused-ring (bicyclic) bond motifs is 8.